The number of halogens is 2. The lowest BCUT2D eigenvalue weighted by molar-refractivity contribution is -0.265. The Morgan fingerprint density at radius 3 is 2.80 bits per heavy atom. The molecule has 1 aromatic heterocycles. The average molecular weight is 296 g/mol. The number of nitrogens with zero attached hydrogens (tertiary/aromatic N) is 3. The second-order valence-corrected chi connectivity index (χ2v) is 5.65. The molecule has 0 aliphatic carbocycles. The van der Waals surface area contributed by atoms with Gasteiger partial charge in [-0.05, 0) is 19.1 Å². The molecule has 0 saturated carbocycles. The van der Waals surface area contributed by atoms with Crippen LogP contribution in [-0.4, -0.2) is 20.9 Å². The van der Waals surface area contributed by atoms with E-state index in [-0.39, 0.29) is 17.8 Å². The lowest BCUT2D eigenvalue weighted by atomic mass is 9.73. The molecule has 1 aliphatic rings. The summed E-state index contributed by atoms with van der Waals surface area (Å²) >= 11 is 5.83. The molecule has 0 spiro atoms. The van der Waals surface area contributed by atoms with E-state index in [1.165, 1.54) is 12.4 Å². The molecule has 6 heteroatoms. The van der Waals surface area contributed by atoms with Crippen molar-refractivity contribution in [1.29, 1.82) is 0 Å². The highest BCUT2D eigenvalue weighted by Gasteiger charge is 2.53. The van der Waals surface area contributed by atoms with Gasteiger partial charge >= 0.3 is 0 Å². The summed E-state index contributed by atoms with van der Waals surface area (Å²) in [6, 6.07) is 4.69. The molecule has 0 unspecified atom stereocenters. The van der Waals surface area contributed by atoms with E-state index in [9.17, 15) is 4.39 Å². The van der Waals surface area contributed by atoms with Gasteiger partial charge in [-0.15, -0.1) is 0 Å². The summed E-state index contributed by atoms with van der Waals surface area (Å²) < 4.78 is 21.9. The van der Waals surface area contributed by atoms with Crippen LogP contribution in [0.2, 0.25) is 5.02 Å². The van der Waals surface area contributed by atoms with Crippen molar-refractivity contribution in [2.24, 2.45) is 5.92 Å². The van der Waals surface area contributed by atoms with Crippen LogP contribution in [0.4, 0.5) is 4.39 Å². The van der Waals surface area contributed by atoms with E-state index in [1.54, 1.807) is 23.1 Å². The summed E-state index contributed by atoms with van der Waals surface area (Å²) in [4.78, 5) is 3.92. The van der Waals surface area contributed by atoms with Gasteiger partial charge in [0.25, 0.3) is 0 Å². The molecular formula is C14H15ClFN3O. The number of benzene rings is 1. The second kappa shape index (κ2) is 4.82. The highest BCUT2D eigenvalue weighted by molar-refractivity contribution is 6.30. The van der Waals surface area contributed by atoms with Crippen molar-refractivity contribution in [2.45, 2.75) is 32.1 Å². The van der Waals surface area contributed by atoms with Crippen molar-refractivity contribution >= 4 is 11.6 Å². The number of rotatable bonds is 3. The fraction of sp³-hybridized carbons (Fsp3) is 0.429. The molecule has 4 nitrogen and oxygen atoms in total. The normalized spacial score (nSPS) is 29.2. The van der Waals surface area contributed by atoms with Crippen molar-refractivity contribution in [3.8, 4) is 0 Å². The second-order valence-electron chi connectivity index (χ2n) is 5.22. The Hall–Kier alpha value is -1.46. The zero-order valence-corrected chi connectivity index (χ0v) is 12.0. The quantitative estimate of drug-likeness (QED) is 0.874. The Labute approximate surface area is 121 Å². The molecule has 1 aromatic carbocycles. The topological polar surface area (TPSA) is 39.9 Å². The van der Waals surface area contributed by atoms with Gasteiger partial charge in [0.05, 0.1) is 12.6 Å². The summed E-state index contributed by atoms with van der Waals surface area (Å²) in [6.45, 7) is 4.47. The number of hydrogen-bond donors (Lipinski definition) is 0. The molecule has 1 aliphatic heterocycles. The van der Waals surface area contributed by atoms with Crippen LogP contribution in [0.1, 0.15) is 19.4 Å². The average Bonchev–Trinajstić information content (AvgIpc) is 2.90. The zero-order valence-electron chi connectivity index (χ0n) is 11.3. The molecule has 3 rings (SSSR count). The predicted molar refractivity (Wildman–Crippen MR) is 72.8 cm³/mol. The van der Waals surface area contributed by atoms with Crippen molar-refractivity contribution in [2.75, 3.05) is 0 Å². The number of ether oxygens (including phenoxy) is 1. The highest BCUT2D eigenvalue weighted by atomic mass is 35.5. The SMILES string of the molecule is C[C@@H]1O[C@@](Cn2cncn2)(c2ccc(Cl)cc2F)[C@H]1C. The van der Waals surface area contributed by atoms with E-state index in [0.717, 1.165) is 0 Å². The third-order valence-electron chi connectivity index (χ3n) is 4.09. The summed E-state index contributed by atoms with van der Waals surface area (Å²) in [5, 5.41) is 4.47. The largest absolute Gasteiger partial charge is 0.364 e. The molecule has 1 fully saturated rings. The summed E-state index contributed by atoms with van der Waals surface area (Å²) in [5.41, 5.74) is -0.204. The molecule has 1 saturated heterocycles. The van der Waals surface area contributed by atoms with E-state index < -0.39 is 5.60 Å². The Morgan fingerprint density at radius 1 is 1.45 bits per heavy atom. The minimum absolute atomic E-state index is 0.0774. The van der Waals surface area contributed by atoms with Crippen molar-refractivity contribution in [1.82, 2.24) is 14.8 Å². The van der Waals surface area contributed by atoms with Crippen LogP contribution in [0.5, 0.6) is 0 Å². The first-order chi connectivity index (χ1) is 9.53. The van der Waals surface area contributed by atoms with Gasteiger partial charge in [0, 0.05) is 16.5 Å². The summed E-state index contributed by atoms with van der Waals surface area (Å²) in [7, 11) is 0. The predicted octanol–water partition coefficient (Wildman–Crippen LogP) is 3.02. The van der Waals surface area contributed by atoms with E-state index in [4.69, 9.17) is 16.3 Å². The Morgan fingerprint density at radius 2 is 2.25 bits per heavy atom. The third-order valence-corrected chi connectivity index (χ3v) is 4.32. The van der Waals surface area contributed by atoms with Crippen molar-refractivity contribution < 1.29 is 9.13 Å². The maximum Gasteiger partial charge on any atom is 0.137 e. The summed E-state index contributed by atoms with van der Waals surface area (Å²) in [5.74, 6) is -0.182. The van der Waals surface area contributed by atoms with Crippen molar-refractivity contribution in [3.05, 3.63) is 47.3 Å². The summed E-state index contributed by atoms with van der Waals surface area (Å²) in [6.07, 6.45) is 3.14. The molecular weight excluding hydrogens is 281 g/mol. The maximum atomic E-state index is 14.3. The van der Waals surface area contributed by atoms with Crippen LogP contribution in [0.15, 0.2) is 30.9 Å². The third kappa shape index (κ3) is 2.01. The fourth-order valence-electron chi connectivity index (χ4n) is 2.81. The van der Waals surface area contributed by atoms with E-state index in [0.29, 0.717) is 17.1 Å². The fourth-order valence-corrected chi connectivity index (χ4v) is 2.97. The van der Waals surface area contributed by atoms with Crippen LogP contribution in [0.3, 0.4) is 0 Å². The van der Waals surface area contributed by atoms with Crippen LogP contribution in [0, 0.1) is 11.7 Å². The minimum Gasteiger partial charge on any atom is -0.364 e. The van der Waals surface area contributed by atoms with Gasteiger partial charge < -0.3 is 4.74 Å². The Bertz CT molecular complexity index is 619. The van der Waals surface area contributed by atoms with Gasteiger partial charge in [0.2, 0.25) is 0 Å². The Kier molecular flexibility index (Phi) is 3.26. The van der Waals surface area contributed by atoms with E-state index in [1.807, 2.05) is 6.92 Å². The standard InChI is InChI=1S/C14H15ClFN3O/c1-9-10(2)20-14(9,6-19-8-17-7-18-19)12-4-3-11(15)5-13(12)16/h3-5,7-10H,6H2,1-2H3/t9-,10-,14+/m0/s1. The molecule has 106 valence electrons. The van der Waals surface area contributed by atoms with Gasteiger partial charge in [0.1, 0.15) is 24.1 Å². The van der Waals surface area contributed by atoms with Gasteiger partial charge in [-0.25, -0.2) is 14.1 Å². The molecule has 3 atom stereocenters. The first-order valence-electron chi connectivity index (χ1n) is 6.49. The number of hydrogen-bond acceptors (Lipinski definition) is 3. The lowest BCUT2D eigenvalue weighted by Crippen LogP contribution is -2.57. The highest BCUT2D eigenvalue weighted by Crippen LogP contribution is 2.49. The first kappa shape index (κ1) is 13.5. The lowest BCUT2D eigenvalue weighted by Gasteiger charge is -2.52. The maximum absolute atomic E-state index is 14.3. The molecule has 2 aromatic rings. The van der Waals surface area contributed by atoms with Gasteiger partial charge in [0.15, 0.2) is 0 Å². The molecule has 0 amide bonds. The molecule has 0 bridgehead atoms. The van der Waals surface area contributed by atoms with E-state index >= 15 is 0 Å². The minimum atomic E-state index is -0.720. The first-order valence-corrected chi connectivity index (χ1v) is 6.86. The van der Waals surface area contributed by atoms with Gasteiger partial charge in [-0.1, -0.05) is 24.6 Å². The molecule has 0 N–H and O–H groups in total. The van der Waals surface area contributed by atoms with Crippen LogP contribution < -0.4 is 0 Å². The van der Waals surface area contributed by atoms with Crippen molar-refractivity contribution in [3.63, 3.8) is 0 Å². The van der Waals surface area contributed by atoms with E-state index in [2.05, 4.69) is 17.0 Å². The number of aromatic nitrogens is 3. The zero-order chi connectivity index (χ0) is 14.3. The van der Waals surface area contributed by atoms with Gasteiger partial charge in [-0.2, -0.15) is 5.10 Å². The molecule has 0 radical (unpaired) electrons. The monoisotopic (exact) mass is 295 g/mol. The smallest absolute Gasteiger partial charge is 0.137 e. The van der Waals surface area contributed by atoms with Crippen LogP contribution in [-0.2, 0) is 16.9 Å². The Balaban J connectivity index is 2.02. The van der Waals surface area contributed by atoms with Gasteiger partial charge in [-0.3, -0.25) is 0 Å². The molecule has 20 heavy (non-hydrogen) atoms. The molecule has 2 heterocycles. The van der Waals surface area contributed by atoms with Crippen LogP contribution >= 0.6 is 11.6 Å². The van der Waals surface area contributed by atoms with Crippen LogP contribution in [0.25, 0.3) is 0 Å².